The molecule has 0 aliphatic rings. The molecule has 1 atom stereocenters. The number of hydrogen-bond donors (Lipinski definition) is 1. The van der Waals surface area contributed by atoms with Gasteiger partial charge in [-0.25, -0.2) is 0 Å². The minimum absolute atomic E-state index is 0.0739. The average molecular weight is 359 g/mol. The van der Waals surface area contributed by atoms with Crippen LogP contribution in [0.25, 0.3) is 11.4 Å². The molecule has 1 heterocycles. The number of carbonyl (C=O) groups is 2. The highest BCUT2D eigenvalue weighted by molar-refractivity contribution is 5.80. The van der Waals surface area contributed by atoms with Crippen molar-refractivity contribution in [3.05, 3.63) is 35.7 Å². The molecule has 2 rings (SSSR count). The minimum Gasteiger partial charge on any atom is -0.456 e. The van der Waals surface area contributed by atoms with E-state index in [9.17, 15) is 9.59 Å². The predicted octanol–water partition coefficient (Wildman–Crippen LogP) is 2.83. The van der Waals surface area contributed by atoms with E-state index in [0.29, 0.717) is 11.7 Å². The summed E-state index contributed by atoms with van der Waals surface area (Å²) < 4.78 is 10.1. The monoisotopic (exact) mass is 359 g/mol. The van der Waals surface area contributed by atoms with E-state index in [1.54, 1.807) is 0 Å². The number of amides is 1. The molecule has 0 saturated heterocycles. The van der Waals surface area contributed by atoms with Crippen LogP contribution in [-0.4, -0.2) is 34.7 Å². The molecule has 140 valence electrons. The van der Waals surface area contributed by atoms with E-state index in [4.69, 9.17) is 9.26 Å². The number of rotatable bonds is 9. The SMILES string of the molecule is CCCC(C)NC(=O)COC(=O)CCc1nc(-c2ccc(C)cc2)no1. The Morgan fingerprint density at radius 3 is 2.69 bits per heavy atom. The maximum atomic E-state index is 11.8. The molecule has 26 heavy (non-hydrogen) atoms. The largest absolute Gasteiger partial charge is 0.456 e. The number of nitrogens with zero attached hydrogens (tertiary/aromatic N) is 2. The first-order valence-corrected chi connectivity index (χ1v) is 8.82. The van der Waals surface area contributed by atoms with Gasteiger partial charge < -0.3 is 14.6 Å². The molecule has 1 unspecified atom stereocenters. The minimum atomic E-state index is -0.474. The summed E-state index contributed by atoms with van der Waals surface area (Å²) in [7, 11) is 0. The Labute approximate surface area is 153 Å². The third kappa shape index (κ3) is 6.31. The number of aromatic nitrogens is 2. The van der Waals surface area contributed by atoms with Crippen LogP contribution in [-0.2, 0) is 20.7 Å². The highest BCUT2D eigenvalue weighted by Gasteiger charge is 2.13. The molecular formula is C19H25N3O4. The number of carbonyl (C=O) groups excluding carboxylic acids is 2. The Balaban J connectivity index is 1.74. The van der Waals surface area contributed by atoms with Gasteiger partial charge in [-0.05, 0) is 20.3 Å². The highest BCUT2D eigenvalue weighted by Crippen LogP contribution is 2.16. The molecule has 0 radical (unpaired) electrons. The van der Waals surface area contributed by atoms with Gasteiger partial charge in [0, 0.05) is 18.0 Å². The standard InChI is InChI=1S/C19H25N3O4/c1-4-5-14(3)20-16(23)12-25-18(24)11-10-17-21-19(22-26-17)15-8-6-13(2)7-9-15/h6-9,14H,4-5,10-12H2,1-3H3,(H,20,23). The van der Waals surface area contributed by atoms with Crippen LogP contribution in [0.1, 0.15) is 44.6 Å². The van der Waals surface area contributed by atoms with E-state index in [1.165, 1.54) is 0 Å². The number of ether oxygens (including phenoxy) is 1. The van der Waals surface area contributed by atoms with Crippen LogP contribution in [0.2, 0.25) is 0 Å². The number of hydrogen-bond acceptors (Lipinski definition) is 6. The fraction of sp³-hybridized carbons (Fsp3) is 0.474. The van der Waals surface area contributed by atoms with Gasteiger partial charge in [-0.15, -0.1) is 0 Å². The summed E-state index contributed by atoms with van der Waals surface area (Å²) in [6.45, 7) is 5.70. The molecule has 1 aromatic heterocycles. The zero-order valence-electron chi connectivity index (χ0n) is 15.4. The van der Waals surface area contributed by atoms with Gasteiger partial charge in [0.15, 0.2) is 6.61 Å². The first kappa shape index (κ1) is 19.6. The van der Waals surface area contributed by atoms with E-state index < -0.39 is 5.97 Å². The van der Waals surface area contributed by atoms with Crippen molar-refractivity contribution in [2.75, 3.05) is 6.61 Å². The maximum absolute atomic E-state index is 11.8. The predicted molar refractivity (Wildman–Crippen MR) is 96.3 cm³/mol. The zero-order chi connectivity index (χ0) is 18.9. The van der Waals surface area contributed by atoms with Gasteiger partial charge in [0.25, 0.3) is 5.91 Å². The van der Waals surface area contributed by atoms with Gasteiger partial charge in [-0.3, -0.25) is 9.59 Å². The summed E-state index contributed by atoms with van der Waals surface area (Å²) in [5, 5.41) is 6.69. The fourth-order valence-electron chi connectivity index (χ4n) is 2.43. The maximum Gasteiger partial charge on any atom is 0.306 e. The first-order chi connectivity index (χ1) is 12.5. The van der Waals surface area contributed by atoms with Crippen molar-refractivity contribution in [3.8, 4) is 11.4 Å². The van der Waals surface area contributed by atoms with E-state index in [1.807, 2.05) is 45.0 Å². The van der Waals surface area contributed by atoms with E-state index in [0.717, 1.165) is 24.0 Å². The van der Waals surface area contributed by atoms with Gasteiger partial charge in [0.2, 0.25) is 11.7 Å². The fourth-order valence-corrected chi connectivity index (χ4v) is 2.43. The molecule has 7 heteroatoms. The van der Waals surface area contributed by atoms with Crippen LogP contribution in [0.5, 0.6) is 0 Å². The summed E-state index contributed by atoms with van der Waals surface area (Å²) >= 11 is 0. The van der Waals surface area contributed by atoms with Gasteiger partial charge in [0.05, 0.1) is 6.42 Å². The molecule has 1 amide bonds. The quantitative estimate of drug-likeness (QED) is 0.692. The first-order valence-electron chi connectivity index (χ1n) is 8.82. The van der Waals surface area contributed by atoms with E-state index in [-0.39, 0.29) is 31.4 Å². The average Bonchev–Trinajstić information content (AvgIpc) is 3.08. The number of benzene rings is 1. The number of nitrogens with one attached hydrogen (secondary N) is 1. The second-order valence-corrected chi connectivity index (χ2v) is 6.30. The third-order valence-corrected chi connectivity index (χ3v) is 3.81. The second kappa shape index (κ2) is 9.70. The van der Waals surface area contributed by atoms with Crippen molar-refractivity contribution < 1.29 is 18.8 Å². The third-order valence-electron chi connectivity index (χ3n) is 3.81. The summed E-state index contributed by atoms with van der Waals surface area (Å²) in [6, 6.07) is 7.83. The van der Waals surface area contributed by atoms with Crippen molar-refractivity contribution in [2.24, 2.45) is 0 Å². The smallest absolute Gasteiger partial charge is 0.306 e. The lowest BCUT2D eigenvalue weighted by Crippen LogP contribution is -2.35. The van der Waals surface area contributed by atoms with E-state index in [2.05, 4.69) is 15.5 Å². The Bertz CT molecular complexity index is 725. The van der Waals surface area contributed by atoms with Crippen LogP contribution in [0.4, 0.5) is 0 Å². The lowest BCUT2D eigenvalue weighted by atomic mass is 10.1. The van der Waals surface area contributed by atoms with Gasteiger partial charge in [-0.2, -0.15) is 4.98 Å². The van der Waals surface area contributed by atoms with Crippen LogP contribution in [0.15, 0.2) is 28.8 Å². The van der Waals surface area contributed by atoms with Crippen molar-refractivity contribution in [3.63, 3.8) is 0 Å². The molecule has 0 aliphatic carbocycles. The van der Waals surface area contributed by atoms with Crippen LogP contribution in [0.3, 0.4) is 0 Å². The van der Waals surface area contributed by atoms with Crippen LogP contribution >= 0.6 is 0 Å². The molecule has 0 bridgehead atoms. The normalized spacial score (nSPS) is 11.8. The van der Waals surface area contributed by atoms with Crippen LogP contribution in [0, 0.1) is 6.92 Å². The Hall–Kier alpha value is -2.70. The summed E-state index contributed by atoms with van der Waals surface area (Å²) in [6.07, 6.45) is 2.22. The number of aryl methyl sites for hydroxylation is 2. The topological polar surface area (TPSA) is 94.3 Å². The van der Waals surface area contributed by atoms with Crippen molar-refractivity contribution in [1.82, 2.24) is 15.5 Å². The van der Waals surface area contributed by atoms with E-state index >= 15 is 0 Å². The molecule has 0 saturated carbocycles. The Morgan fingerprint density at radius 1 is 1.27 bits per heavy atom. The van der Waals surface area contributed by atoms with Crippen molar-refractivity contribution in [1.29, 1.82) is 0 Å². The molecule has 0 aliphatic heterocycles. The molecule has 2 aromatic rings. The summed E-state index contributed by atoms with van der Waals surface area (Å²) in [4.78, 5) is 27.7. The molecule has 1 aromatic carbocycles. The summed E-state index contributed by atoms with van der Waals surface area (Å²) in [5.74, 6) is 0.0772. The number of esters is 1. The lowest BCUT2D eigenvalue weighted by Gasteiger charge is -2.12. The Morgan fingerprint density at radius 2 is 2.00 bits per heavy atom. The zero-order valence-corrected chi connectivity index (χ0v) is 15.4. The molecule has 7 nitrogen and oxygen atoms in total. The van der Waals surface area contributed by atoms with Gasteiger partial charge in [-0.1, -0.05) is 48.3 Å². The van der Waals surface area contributed by atoms with Gasteiger partial charge >= 0.3 is 5.97 Å². The van der Waals surface area contributed by atoms with Crippen LogP contribution < -0.4 is 5.32 Å². The molecule has 0 fully saturated rings. The lowest BCUT2D eigenvalue weighted by molar-refractivity contribution is -0.148. The highest BCUT2D eigenvalue weighted by atomic mass is 16.5. The molecule has 1 N–H and O–H groups in total. The molecular weight excluding hydrogens is 334 g/mol. The molecule has 0 spiro atoms. The van der Waals surface area contributed by atoms with Gasteiger partial charge in [0.1, 0.15) is 0 Å². The van der Waals surface area contributed by atoms with Crippen molar-refractivity contribution in [2.45, 2.75) is 52.5 Å². The van der Waals surface area contributed by atoms with Crippen molar-refractivity contribution >= 4 is 11.9 Å². The Kier molecular flexibility index (Phi) is 7.32. The summed E-state index contributed by atoms with van der Waals surface area (Å²) in [5.41, 5.74) is 2.00. The second-order valence-electron chi connectivity index (χ2n) is 6.30.